The van der Waals surface area contributed by atoms with E-state index in [2.05, 4.69) is 11.2 Å². The SMILES string of the molecule is C#CCNC(C(=O)OCC)C(C)CC. The van der Waals surface area contributed by atoms with Crippen molar-refractivity contribution in [2.24, 2.45) is 5.92 Å². The van der Waals surface area contributed by atoms with Crippen LogP contribution in [0.1, 0.15) is 27.2 Å². The third kappa shape index (κ3) is 4.29. The molecule has 0 heterocycles. The molecule has 80 valence electrons. The van der Waals surface area contributed by atoms with Gasteiger partial charge in [0.25, 0.3) is 0 Å². The van der Waals surface area contributed by atoms with Gasteiger partial charge in [-0.3, -0.25) is 10.1 Å². The third-order valence-electron chi connectivity index (χ3n) is 2.18. The summed E-state index contributed by atoms with van der Waals surface area (Å²) in [6.45, 7) is 6.64. The van der Waals surface area contributed by atoms with Crippen molar-refractivity contribution in [1.82, 2.24) is 5.32 Å². The molecule has 0 aromatic carbocycles. The Hall–Kier alpha value is -1.01. The van der Waals surface area contributed by atoms with Gasteiger partial charge < -0.3 is 4.74 Å². The average molecular weight is 197 g/mol. The van der Waals surface area contributed by atoms with Crippen LogP contribution in [0.3, 0.4) is 0 Å². The lowest BCUT2D eigenvalue weighted by Crippen LogP contribution is -2.43. The summed E-state index contributed by atoms with van der Waals surface area (Å²) >= 11 is 0. The van der Waals surface area contributed by atoms with Crippen molar-refractivity contribution in [1.29, 1.82) is 0 Å². The number of terminal acetylenes is 1. The van der Waals surface area contributed by atoms with Gasteiger partial charge in [0.15, 0.2) is 0 Å². The number of rotatable bonds is 6. The quantitative estimate of drug-likeness (QED) is 0.513. The Morgan fingerprint density at radius 3 is 2.64 bits per heavy atom. The lowest BCUT2D eigenvalue weighted by Gasteiger charge is -2.21. The van der Waals surface area contributed by atoms with Gasteiger partial charge in [-0.05, 0) is 12.8 Å². The second-order valence-corrected chi connectivity index (χ2v) is 3.20. The van der Waals surface area contributed by atoms with Crippen molar-refractivity contribution in [3.63, 3.8) is 0 Å². The maximum absolute atomic E-state index is 11.5. The minimum Gasteiger partial charge on any atom is -0.465 e. The largest absolute Gasteiger partial charge is 0.465 e. The molecular formula is C11H19NO2. The van der Waals surface area contributed by atoms with Gasteiger partial charge in [0.05, 0.1) is 13.2 Å². The van der Waals surface area contributed by atoms with E-state index < -0.39 is 0 Å². The Balaban J connectivity index is 4.23. The summed E-state index contributed by atoms with van der Waals surface area (Å²) in [5.41, 5.74) is 0. The molecule has 1 N–H and O–H groups in total. The van der Waals surface area contributed by atoms with E-state index in [4.69, 9.17) is 11.2 Å². The van der Waals surface area contributed by atoms with Crippen molar-refractivity contribution in [2.45, 2.75) is 33.2 Å². The van der Waals surface area contributed by atoms with Crippen molar-refractivity contribution in [3.05, 3.63) is 0 Å². The first-order valence-corrected chi connectivity index (χ1v) is 5.00. The van der Waals surface area contributed by atoms with E-state index in [0.717, 1.165) is 6.42 Å². The summed E-state index contributed by atoms with van der Waals surface area (Å²) in [4.78, 5) is 11.5. The zero-order chi connectivity index (χ0) is 11.0. The number of carbonyl (C=O) groups is 1. The van der Waals surface area contributed by atoms with Crippen molar-refractivity contribution in [3.8, 4) is 12.3 Å². The topological polar surface area (TPSA) is 38.3 Å². The molecule has 0 spiro atoms. The summed E-state index contributed by atoms with van der Waals surface area (Å²) < 4.78 is 4.95. The summed E-state index contributed by atoms with van der Waals surface area (Å²) in [7, 11) is 0. The van der Waals surface area contributed by atoms with Crippen molar-refractivity contribution in [2.75, 3.05) is 13.2 Å². The van der Waals surface area contributed by atoms with E-state index in [1.807, 2.05) is 13.8 Å². The molecule has 0 aliphatic carbocycles. The van der Waals surface area contributed by atoms with Gasteiger partial charge in [0.2, 0.25) is 0 Å². The van der Waals surface area contributed by atoms with Gasteiger partial charge in [-0.1, -0.05) is 26.2 Å². The molecule has 2 atom stereocenters. The number of carbonyl (C=O) groups excluding carboxylic acids is 1. The fourth-order valence-electron chi connectivity index (χ4n) is 1.15. The highest BCUT2D eigenvalue weighted by Gasteiger charge is 2.23. The molecule has 14 heavy (non-hydrogen) atoms. The smallest absolute Gasteiger partial charge is 0.323 e. The van der Waals surface area contributed by atoms with Crippen LogP contribution < -0.4 is 5.32 Å². The van der Waals surface area contributed by atoms with E-state index in [0.29, 0.717) is 13.2 Å². The molecular weight excluding hydrogens is 178 g/mol. The van der Waals surface area contributed by atoms with Gasteiger partial charge in [-0.2, -0.15) is 0 Å². The fourth-order valence-corrected chi connectivity index (χ4v) is 1.15. The first-order valence-electron chi connectivity index (χ1n) is 5.00. The lowest BCUT2D eigenvalue weighted by atomic mass is 9.99. The van der Waals surface area contributed by atoms with Gasteiger partial charge in [-0.25, -0.2) is 0 Å². The summed E-state index contributed by atoms with van der Waals surface area (Å²) in [5.74, 6) is 2.48. The number of ether oxygens (including phenoxy) is 1. The van der Waals surface area contributed by atoms with E-state index in [1.54, 1.807) is 6.92 Å². The van der Waals surface area contributed by atoms with Crippen LogP contribution in [0.15, 0.2) is 0 Å². The van der Waals surface area contributed by atoms with Crippen LogP contribution in [0.25, 0.3) is 0 Å². The van der Waals surface area contributed by atoms with Crippen LogP contribution in [0.4, 0.5) is 0 Å². The molecule has 0 bridgehead atoms. The number of hydrogen-bond donors (Lipinski definition) is 1. The van der Waals surface area contributed by atoms with Gasteiger partial charge >= 0.3 is 5.97 Å². The predicted molar refractivity (Wildman–Crippen MR) is 56.7 cm³/mol. The lowest BCUT2D eigenvalue weighted by molar-refractivity contribution is -0.147. The van der Waals surface area contributed by atoms with E-state index in [-0.39, 0.29) is 17.9 Å². The highest BCUT2D eigenvalue weighted by atomic mass is 16.5. The highest BCUT2D eigenvalue weighted by Crippen LogP contribution is 2.09. The zero-order valence-electron chi connectivity index (χ0n) is 9.17. The fraction of sp³-hybridized carbons (Fsp3) is 0.727. The minimum atomic E-state index is -0.281. The van der Waals surface area contributed by atoms with E-state index >= 15 is 0 Å². The molecule has 3 heteroatoms. The Bertz CT molecular complexity index is 208. The zero-order valence-corrected chi connectivity index (χ0v) is 9.17. The van der Waals surface area contributed by atoms with Gasteiger partial charge in [-0.15, -0.1) is 6.42 Å². The maximum atomic E-state index is 11.5. The molecule has 3 nitrogen and oxygen atoms in total. The van der Waals surface area contributed by atoms with Crippen LogP contribution in [0.5, 0.6) is 0 Å². The predicted octanol–water partition coefficient (Wildman–Crippen LogP) is 1.19. The maximum Gasteiger partial charge on any atom is 0.323 e. The summed E-state index contributed by atoms with van der Waals surface area (Å²) in [5, 5.41) is 2.99. The monoisotopic (exact) mass is 197 g/mol. The second-order valence-electron chi connectivity index (χ2n) is 3.20. The van der Waals surface area contributed by atoms with Crippen LogP contribution in [-0.2, 0) is 9.53 Å². The molecule has 0 fully saturated rings. The Morgan fingerprint density at radius 1 is 1.57 bits per heavy atom. The molecule has 0 radical (unpaired) electrons. The second kappa shape index (κ2) is 7.40. The minimum absolute atomic E-state index is 0.211. The average Bonchev–Trinajstić information content (AvgIpc) is 2.18. The molecule has 0 rings (SSSR count). The molecule has 0 saturated heterocycles. The van der Waals surface area contributed by atoms with E-state index in [1.165, 1.54) is 0 Å². The van der Waals surface area contributed by atoms with E-state index in [9.17, 15) is 4.79 Å². The first-order chi connectivity index (χ1) is 6.67. The Morgan fingerprint density at radius 2 is 2.21 bits per heavy atom. The third-order valence-corrected chi connectivity index (χ3v) is 2.18. The number of nitrogens with one attached hydrogen (secondary N) is 1. The number of esters is 1. The Labute approximate surface area is 86.2 Å². The van der Waals surface area contributed by atoms with Crippen LogP contribution >= 0.6 is 0 Å². The Kier molecular flexibility index (Phi) is 6.87. The molecule has 0 aliphatic rings. The highest BCUT2D eigenvalue weighted by molar-refractivity contribution is 5.76. The molecule has 0 aliphatic heterocycles. The molecule has 0 aromatic heterocycles. The first kappa shape index (κ1) is 13.0. The summed E-state index contributed by atoms with van der Waals surface area (Å²) in [6.07, 6.45) is 6.05. The van der Waals surface area contributed by atoms with Crippen LogP contribution in [0, 0.1) is 18.3 Å². The molecule has 0 amide bonds. The van der Waals surface area contributed by atoms with Crippen LogP contribution in [-0.4, -0.2) is 25.2 Å². The normalized spacial score (nSPS) is 14.1. The standard InChI is InChI=1S/C11H19NO2/c1-5-8-12-10(9(4)6-2)11(13)14-7-3/h1,9-10,12H,6-8H2,2-4H3. The van der Waals surface area contributed by atoms with Crippen LogP contribution in [0.2, 0.25) is 0 Å². The molecule has 0 saturated carbocycles. The molecule has 0 aromatic rings. The summed E-state index contributed by atoms with van der Waals surface area (Å²) in [6, 6.07) is -0.281. The van der Waals surface area contributed by atoms with Gasteiger partial charge in [0.1, 0.15) is 6.04 Å². The number of hydrogen-bond acceptors (Lipinski definition) is 3. The van der Waals surface area contributed by atoms with Crippen molar-refractivity contribution < 1.29 is 9.53 Å². The van der Waals surface area contributed by atoms with Gasteiger partial charge in [0, 0.05) is 0 Å². The molecule has 2 unspecified atom stereocenters. The van der Waals surface area contributed by atoms with Crippen molar-refractivity contribution >= 4 is 5.97 Å².